The Morgan fingerprint density at radius 2 is 1.63 bits per heavy atom. The first-order chi connectivity index (χ1) is 9.22. The molecule has 1 heteroatoms. The Labute approximate surface area is 115 Å². The monoisotopic (exact) mass is 251 g/mol. The van der Waals surface area contributed by atoms with Gasteiger partial charge in [0, 0.05) is 19.0 Å². The zero-order chi connectivity index (χ0) is 13.2. The number of fused-ring (bicyclic) bond motifs is 1. The van der Waals surface area contributed by atoms with Crippen LogP contribution in [0.25, 0.3) is 0 Å². The van der Waals surface area contributed by atoms with Crippen LogP contribution in [0.2, 0.25) is 0 Å². The highest BCUT2D eigenvalue weighted by Gasteiger charge is 2.20. The third-order valence-electron chi connectivity index (χ3n) is 4.11. The molecule has 1 atom stereocenters. The van der Waals surface area contributed by atoms with Crippen LogP contribution in [0, 0.1) is 6.92 Å². The summed E-state index contributed by atoms with van der Waals surface area (Å²) in [5.41, 5.74) is 5.80. The van der Waals surface area contributed by atoms with Gasteiger partial charge in [-0.25, -0.2) is 0 Å². The molecule has 0 aromatic heterocycles. The van der Waals surface area contributed by atoms with E-state index in [0.717, 1.165) is 19.5 Å². The van der Waals surface area contributed by atoms with Gasteiger partial charge in [-0.2, -0.15) is 0 Å². The standard InChI is InChI=1S/C18H21N/c1-14-7-9-15(10-8-14)18-11-16-5-3-4-6-17(16)12-19(2)13-18/h3-10,18H,11-13H2,1-2H3. The van der Waals surface area contributed by atoms with Gasteiger partial charge < -0.3 is 4.90 Å². The molecule has 0 radical (unpaired) electrons. The summed E-state index contributed by atoms with van der Waals surface area (Å²) in [6, 6.07) is 17.9. The van der Waals surface area contributed by atoms with E-state index < -0.39 is 0 Å². The quantitative estimate of drug-likeness (QED) is 0.746. The molecule has 0 saturated carbocycles. The lowest BCUT2D eigenvalue weighted by molar-refractivity contribution is 0.313. The smallest absolute Gasteiger partial charge is 0.0233 e. The Bertz CT molecular complexity index is 556. The molecule has 0 aliphatic carbocycles. The van der Waals surface area contributed by atoms with Crippen molar-refractivity contribution in [3.05, 3.63) is 70.8 Å². The highest BCUT2D eigenvalue weighted by Crippen LogP contribution is 2.28. The molecule has 1 nitrogen and oxygen atoms in total. The molecular weight excluding hydrogens is 230 g/mol. The molecule has 0 spiro atoms. The molecule has 1 aliphatic heterocycles. The summed E-state index contributed by atoms with van der Waals surface area (Å²) in [6.07, 6.45) is 1.16. The first kappa shape index (κ1) is 12.4. The summed E-state index contributed by atoms with van der Waals surface area (Å²) in [5, 5.41) is 0. The first-order valence-corrected chi connectivity index (χ1v) is 7.04. The van der Waals surface area contributed by atoms with Crippen LogP contribution < -0.4 is 0 Å². The van der Waals surface area contributed by atoms with Gasteiger partial charge >= 0.3 is 0 Å². The minimum absolute atomic E-state index is 0.606. The Morgan fingerprint density at radius 3 is 2.37 bits per heavy atom. The zero-order valence-corrected chi connectivity index (χ0v) is 11.8. The molecule has 3 rings (SSSR count). The molecule has 0 N–H and O–H groups in total. The minimum Gasteiger partial charge on any atom is -0.301 e. The maximum Gasteiger partial charge on any atom is 0.0233 e. The molecule has 1 heterocycles. The second kappa shape index (κ2) is 5.18. The second-order valence-corrected chi connectivity index (χ2v) is 5.78. The molecule has 0 fully saturated rings. The van der Waals surface area contributed by atoms with Crippen LogP contribution in [0.5, 0.6) is 0 Å². The number of nitrogens with zero attached hydrogens (tertiary/aromatic N) is 1. The highest BCUT2D eigenvalue weighted by molar-refractivity contribution is 5.33. The molecule has 0 bridgehead atoms. The number of aryl methyl sites for hydroxylation is 1. The molecule has 98 valence electrons. The molecule has 0 saturated heterocycles. The predicted molar refractivity (Wildman–Crippen MR) is 80.4 cm³/mol. The summed E-state index contributed by atoms with van der Waals surface area (Å²) in [6.45, 7) is 4.36. The van der Waals surface area contributed by atoms with Crippen LogP contribution in [0.1, 0.15) is 28.2 Å². The molecular formula is C18H21N. The van der Waals surface area contributed by atoms with E-state index in [2.05, 4.69) is 67.4 Å². The van der Waals surface area contributed by atoms with Crippen LogP contribution in [0.3, 0.4) is 0 Å². The van der Waals surface area contributed by atoms with E-state index in [4.69, 9.17) is 0 Å². The number of rotatable bonds is 1. The number of hydrogen-bond acceptors (Lipinski definition) is 1. The molecule has 2 aromatic carbocycles. The van der Waals surface area contributed by atoms with Crippen molar-refractivity contribution in [1.82, 2.24) is 4.90 Å². The largest absolute Gasteiger partial charge is 0.301 e. The summed E-state index contributed by atoms with van der Waals surface area (Å²) < 4.78 is 0. The van der Waals surface area contributed by atoms with Crippen molar-refractivity contribution < 1.29 is 0 Å². The lowest BCUT2D eigenvalue weighted by Crippen LogP contribution is -2.22. The number of benzene rings is 2. The average molecular weight is 251 g/mol. The Morgan fingerprint density at radius 1 is 0.947 bits per heavy atom. The van der Waals surface area contributed by atoms with Gasteiger partial charge in [0.15, 0.2) is 0 Å². The molecule has 1 unspecified atom stereocenters. The van der Waals surface area contributed by atoms with Crippen molar-refractivity contribution in [2.45, 2.75) is 25.8 Å². The van der Waals surface area contributed by atoms with E-state index in [1.165, 1.54) is 22.3 Å². The normalized spacial score (nSPS) is 19.8. The van der Waals surface area contributed by atoms with Crippen LogP contribution in [-0.2, 0) is 13.0 Å². The van der Waals surface area contributed by atoms with Crippen molar-refractivity contribution in [1.29, 1.82) is 0 Å². The minimum atomic E-state index is 0.606. The predicted octanol–water partition coefficient (Wildman–Crippen LogP) is 3.77. The van der Waals surface area contributed by atoms with E-state index >= 15 is 0 Å². The third kappa shape index (κ3) is 2.71. The van der Waals surface area contributed by atoms with Gasteiger partial charge in [0.05, 0.1) is 0 Å². The number of likely N-dealkylation sites (N-methyl/N-ethyl adjacent to an activating group) is 1. The van der Waals surface area contributed by atoms with E-state index in [0.29, 0.717) is 5.92 Å². The zero-order valence-electron chi connectivity index (χ0n) is 11.8. The van der Waals surface area contributed by atoms with Crippen LogP contribution in [-0.4, -0.2) is 18.5 Å². The molecule has 1 aliphatic rings. The van der Waals surface area contributed by atoms with Gasteiger partial charge in [0.2, 0.25) is 0 Å². The summed E-state index contributed by atoms with van der Waals surface area (Å²) >= 11 is 0. The average Bonchev–Trinajstić information content (AvgIpc) is 2.57. The Balaban J connectivity index is 1.93. The number of hydrogen-bond donors (Lipinski definition) is 0. The summed E-state index contributed by atoms with van der Waals surface area (Å²) in [4.78, 5) is 2.44. The van der Waals surface area contributed by atoms with Gasteiger partial charge in [-0.1, -0.05) is 54.1 Å². The molecule has 19 heavy (non-hydrogen) atoms. The van der Waals surface area contributed by atoms with Gasteiger partial charge in [-0.3, -0.25) is 0 Å². The second-order valence-electron chi connectivity index (χ2n) is 5.78. The SMILES string of the molecule is Cc1ccc(C2Cc3ccccc3CN(C)C2)cc1. The molecule has 0 amide bonds. The van der Waals surface area contributed by atoms with Crippen molar-refractivity contribution in [3.63, 3.8) is 0 Å². The van der Waals surface area contributed by atoms with E-state index in [1.54, 1.807) is 0 Å². The topological polar surface area (TPSA) is 3.24 Å². The highest BCUT2D eigenvalue weighted by atomic mass is 15.1. The van der Waals surface area contributed by atoms with Gasteiger partial charge in [0.1, 0.15) is 0 Å². The molecule has 2 aromatic rings. The lowest BCUT2D eigenvalue weighted by Gasteiger charge is -2.20. The summed E-state index contributed by atoms with van der Waals surface area (Å²) in [7, 11) is 2.23. The van der Waals surface area contributed by atoms with Gasteiger partial charge in [0.25, 0.3) is 0 Å². The maximum atomic E-state index is 2.44. The van der Waals surface area contributed by atoms with E-state index in [1.807, 2.05) is 0 Å². The first-order valence-electron chi connectivity index (χ1n) is 7.04. The van der Waals surface area contributed by atoms with Crippen LogP contribution in [0.4, 0.5) is 0 Å². The van der Waals surface area contributed by atoms with Crippen molar-refractivity contribution >= 4 is 0 Å². The maximum absolute atomic E-state index is 2.44. The van der Waals surface area contributed by atoms with Gasteiger partial charge in [-0.05, 0) is 37.1 Å². The van der Waals surface area contributed by atoms with Gasteiger partial charge in [-0.15, -0.1) is 0 Å². The Hall–Kier alpha value is -1.60. The van der Waals surface area contributed by atoms with E-state index in [-0.39, 0.29) is 0 Å². The third-order valence-corrected chi connectivity index (χ3v) is 4.11. The van der Waals surface area contributed by atoms with Crippen molar-refractivity contribution in [3.8, 4) is 0 Å². The van der Waals surface area contributed by atoms with Crippen LogP contribution >= 0.6 is 0 Å². The lowest BCUT2D eigenvalue weighted by atomic mass is 9.91. The van der Waals surface area contributed by atoms with E-state index in [9.17, 15) is 0 Å². The van der Waals surface area contributed by atoms with Crippen molar-refractivity contribution in [2.75, 3.05) is 13.6 Å². The Kier molecular flexibility index (Phi) is 3.39. The fourth-order valence-electron chi connectivity index (χ4n) is 3.03. The summed E-state index contributed by atoms with van der Waals surface area (Å²) in [5.74, 6) is 0.606. The fraction of sp³-hybridized carbons (Fsp3) is 0.333. The van der Waals surface area contributed by atoms with Crippen molar-refractivity contribution in [2.24, 2.45) is 0 Å². The van der Waals surface area contributed by atoms with Crippen LogP contribution in [0.15, 0.2) is 48.5 Å². The fourth-order valence-corrected chi connectivity index (χ4v) is 3.03.